The minimum atomic E-state index is -0.406. The maximum atomic E-state index is 12.2. The van der Waals surface area contributed by atoms with Crippen molar-refractivity contribution in [1.82, 2.24) is 5.32 Å². The molecule has 0 bridgehead atoms. The van der Waals surface area contributed by atoms with Crippen molar-refractivity contribution in [2.24, 2.45) is 0 Å². The average Bonchev–Trinajstić information content (AvgIpc) is 2.70. The Morgan fingerprint density at radius 3 is 2.67 bits per heavy atom. The Morgan fingerprint density at radius 1 is 1.30 bits per heavy atom. The molecular formula is C25H28N2O3. The second kappa shape index (κ2) is 10.9. The highest BCUT2D eigenvalue weighted by molar-refractivity contribution is 6.01. The standard InChI is InChI=1S/C25H28N2O3/c1-6-8-21-12-20(13-22(15-26)25(28)27-17(2)3)14-23(29-5)24(21)30-16-19-10-7-9-18(4)11-19/h6-7,9-14,17H,1,8,16H2,2-5H3,(H,27,28)/b22-13-. The number of amides is 1. The molecule has 0 saturated heterocycles. The van der Waals surface area contributed by atoms with Crippen LogP contribution in [-0.4, -0.2) is 19.1 Å². The van der Waals surface area contributed by atoms with Crippen LogP contribution in [0.1, 0.15) is 36.1 Å². The quantitative estimate of drug-likeness (QED) is 0.372. The molecule has 0 fully saturated rings. The third-order valence-electron chi connectivity index (χ3n) is 4.30. The summed E-state index contributed by atoms with van der Waals surface area (Å²) < 4.78 is 11.7. The molecule has 0 heterocycles. The summed E-state index contributed by atoms with van der Waals surface area (Å²) in [5, 5.41) is 12.1. The van der Waals surface area contributed by atoms with Gasteiger partial charge in [-0.3, -0.25) is 4.79 Å². The monoisotopic (exact) mass is 404 g/mol. The van der Waals surface area contributed by atoms with Gasteiger partial charge < -0.3 is 14.8 Å². The fourth-order valence-electron chi connectivity index (χ4n) is 3.00. The second-order valence-electron chi connectivity index (χ2n) is 7.28. The van der Waals surface area contributed by atoms with Gasteiger partial charge in [-0.05, 0) is 56.5 Å². The molecule has 5 heteroatoms. The van der Waals surface area contributed by atoms with Crippen molar-refractivity contribution >= 4 is 12.0 Å². The highest BCUT2D eigenvalue weighted by atomic mass is 16.5. The number of aryl methyl sites for hydroxylation is 1. The van der Waals surface area contributed by atoms with E-state index in [0.29, 0.717) is 30.1 Å². The minimum absolute atomic E-state index is 0.0312. The predicted molar refractivity (Wildman–Crippen MR) is 119 cm³/mol. The molecular weight excluding hydrogens is 376 g/mol. The number of allylic oxidation sites excluding steroid dienone is 1. The van der Waals surface area contributed by atoms with E-state index in [1.54, 1.807) is 25.3 Å². The molecule has 0 unspecified atom stereocenters. The molecule has 0 atom stereocenters. The zero-order chi connectivity index (χ0) is 22.1. The van der Waals surface area contributed by atoms with Crippen molar-refractivity contribution in [3.8, 4) is 17.6 Å². The van der Waals surface area contributed by atoms with Gasteiger partial charge in [0.25, 0.3) is 5.91 Å². The Kier molecular flexibility index (Phi) is 8.25. The Hall–Kier alpha value is -3.52. The lowest BCUT2D eigenvalue weighted by molar-refractivity contribution is -0.117. The van der Waals surface area contributed by atoms with Gasteiger partial charge in [-0.25, -0.2) is 0 Å². The third-order valence-corrected chi connectivity index (χ3v) is 4.30. The molecule has 30 heavy (non-hydrogen) atoms. The van der Waals surface area contributed by atoms with Crippen LogP contribution in [0.3, 0.4) is 0 Å². The number of benzene rings is 2. The zero-order valence-corrected chi connectivity index (χ0v) is 18.0. The van der Waals surface area contributed by atoms with Crippen LogP contribution in [0.2, 0.25) is 0 Å². The molecule has 2 aromatic rings. The van der Waals surface area contributed by atoms with E-state index in [1.807, 2.05) is 51.1 Å². The van der Waals surface area contributed by atoms with Crippen LogP contribution in [0.4, 0.5) is 0 Å². The number of nitrogens with zero attached hydrogens (tertiary/aromatic N) is 1. The van der Waals surface area contributed by atoms with Gasteiger partial charge >= 0.3 is 0 Å². The summed E-state index contributed by atoms with van der Waals surface area (Å²) in [5.41, 5.74) is 3.80. The first-order chi connectivity index (χ1) is 14.4. The van der Waals surface area contributed by atoms with Crippen molar-refractivity contribution in [3.63, 3.8) is 0 Å². The van der Waals surface area contributed by atoms with Crippen molar-refractivity contribution in [2.75, 3.05) is 7.11 Å². The first kappa shape index (κ1) is 22.8. The number of hydrogen-bond donors (Lipinski definition) is 1. The molecule has 0 radical (unpaired) electrons. The molecule has 0 saturated carbocycles. The Labute approximate surface area is 178 Å². The fraction of sp³-hybridized carbons (Fsp3) is 0.280. The van der Waals surface area contributed by atoms with E-state index in [2.05, 4.69) is 18.0 Å². The highest BCUT2D eigenvalue weighted by Crippen LogP contribution is 2.35. The van der Waals surface area contributed by atoms with Gasteiger partial charge in [0, 0.05) is 11.6 Å². The second-order valence-corrected chi connectivity index (χ2v) is 7.28. The lowest BCUT2D eigenvalue weighted by Crippen LogP contribution is -2.30. The number of carbonyl (C=O) groups excluding carboxylic acids is 1. The predicted octanol–water partition coefficient (Wildman–Crippen LogP) is 4.74. The topological polar surface area (TPSA) is 71.4 Å². The molecule has 0 aliphatic carbocycles. The maximum absolute atomic E-state index is 12.2. The van der Waals surface area contributed by atoms with Gasteiger partial charge in [0.15, 0.2) is 11.5 Å². The summed E-state index contributed by atoms with van der Waals surface area (Å²) in [6, 6.07) is 13.7. The molecule has 5 nitrogen and oxygen atoms in total. The van der Waals surface area contributed by atoms with Gasteiger partial charge in [-0.15, -0.1) is 6.58 Å². The smallest absolute Gasteiger partial charge is 0.262 e. The molecule has 0 aliphatic heterocycles. The summed E-state index contributed by atoms with van der Waals surface area (Å²) >= 11 is 0. The van der Waals surface area contributed by atoms with Crippen molar-refractivity contribution in [2.45, 2.75) is 39.8 Å². The maximum Gasteiger partial charge on any atom is 0.262 e. The average molecular weight is 405 g/mol. The molecule has 0 aromatic heterocycles. The molecule has 2 rings (SSSR count). The van der Waals surface area contributed by atoms with Gasteiger partial charge in [0.1, 0.15) is 18.2 Å². The zero-order valence-electron chi connectivity index (χ0n) is 18.0. The minimum Gasteiger partial charge on any atom is -0.493 e. The van der Waals surface area contributed by atoms with Crippen LogP contribution in [0.5, 0.6) is 11.5 Å². The van der Waals surface area contributed by atoms with Crippen LogP contribution in [0.25, 0.3) is 6.08 Å². The van der Waals surface area contributed by atoms with Gasteiger partial charge in [-0.1, -0.05) is 35.9 Å². The number of ether oxygens (including phenoxy) is 2. The van der Waals surface area contributed by atoms with Crippen LogP contribution < -0.4 is 14.8 Å². The molecule has 156 valence electrons. The van der Waals surface area contributed by atoms with Crippen molar-refractivity contribution in [1.29, 1.82) is 5.26 Å². The first-order valence-corrected chi connectivity index (χ1v) is 9.80. The van der Waals surface area contributed by atoms with E-state index in [9.17, 15) is 10.1 Å². The number of rotatable bonds is 9. The van der Waals surface area contributed by atoms with E-state index >= 15 is 0 Å². The van der Waals surface area contributed by atoms with E-state index in [-0.39, 0.29) is 11.6 Å². The normalized spacial score (nSPS) is 11.0. The third kappa shape index (κ3) is 6.25. The number of hydrogen-bond acceptors (Lipinski definition) is 4. The summed E-state index contributed by atoms with van der Waals surface area (Å²) in [5.74, 6) is 0.757. The lowest BCUT2D eigenvalue weighted by Gasteiger charge is -2.16. The van der Waals surface area contributed by atoms with E-state index in [4.69, 9.17) is 9.47 Å². The van der Waals surface area contributed by atoms with Crippen LogP contribution in [0, 0.1) is 18.3 Å². The summed E-state index contributed by atoms with van der Waals surface area (Å²) in [6.07, 6.45) is 3.89. The highest BCUT2D eigenvalue weighted by Gasteiger charge is 2.15. The van der Waals surface area contributed by atoms with Crippen molar-refractivity contribution in [3.05, 3.63) is 76.9 Å². The Bertz CT molecular complexity index is 984. The Balaban J connectivity index is 2.40. The van der Waals surface area contributed by atoms with Crippen molar-refractivity contribution < 1.29 is 14.3 Å². The van der Waals surface area contributed by atoms with Crippen LogP contribution in [0.15, 0.2) is 54.6 Å². The van der Waals surface area contributed by atoms with Gasteiger partial charge in [-0.2, -0.15) is 5.26 Å². The lowest BCUT2D eigenvalue weighted by atomic mass is 10.0. The number of methoxy groups -OCH3 is 1. The molecule has 2 aromatic carbocycles. The first-order valence-electron chi connectivity index (χ1n) is 9.80. The van der Waals surface area contributed by atoms with Gasteiger partial charge in [0.05, 0.1) is 7.11 Å². The van der Waals surface area contributed by atoms with E-state index in [0.717, 1.165) is 11.1 Å². The SMILES string of the molecule is C=CCc1cc(/C=C(/C#N)C(=O)NC(C)C)cc(OC)c1OCc1cccc(C)c1. The number of nitrogens with one attached hydrogen (secondary N) is 1. The van der Waals surface area contributed by atoms with Crippen LogP contribution in [-0.2, 0) is 17.8 Å². The summed E-state index contributed by atoms with van der Waals surface area (Å²) in [7, 11) is 1.57. The summed E-state index contributed by atoms with van der Waals surface area (Å²) in [6.45, 7) is 9.95. The fourth-order valence-corrected chi connectivity index (χ4v) is 3.00. The summed E-state index contributed by atoms with van der Waals surface area (Å²) in [4.78, 5) is 12.2. The Morgan fingerprint density at radius 2 is 2.07 bits per heavy atom. The molecule has 0 aliphatic rings. The molecule has 1 amide bonds. The van der Waals surface area contributed by atoms with E-state index in [1.165, 1.54) is 5.56 Å². The largest absolute Gasteiger partial charge is 0.493 e. The van der Waals surface area contributed by atoms with Crippen LogP contribution >= 0.6 is 0 Å². The number of carbonyl (C=O) groups is 1. The number of nitriles is 1. The molecule has 1 N–H and O–H groups in total. The van der Waals surface area contributed by atoms with Gasteiger partial charge in [0.2, 0.25) is 0 Å². The molecule has 0 spiro atoms. The van der Waals surface area contributed by atoms with E-state index < -0.39 is 5.91 Å².